The zero-order valence-corrected chi connectivity index (χ0v) is 11.6. The van der Waals surface area contributed by atoms with E-state index in [0.717, 1.165) is 11.1 Å². The van der Waals surface area contributed by atoms with E-state index >= 15 is 0 Å². The van der Waals surface area contributed by atoms with E-state index in [2.05, 4.69) is 0 Å². The van der Waals surface area contributed by atoms with Gasteiger partial charge in [0.1, 0.15) is 0 Å². The molecule has 94 valence electrons. The average Bonchev–Trinajstić information content (AvgIpc) is 2.73. The molecular weight excluding hydrogens is 268 g/mol. The molecule has 18 heavy (non-hydrogen) atoms. The smallest absolute Gasteiger partial charge is 0.194 e. The monoisotopic (exact) mass is 280 g/mol. The maximum atomic E-state index is 12.1. The Balaban J connectivity index is 2.37. The molecule has 1 heterocycles. The summed E-state index contributed by atoms with van der Waals surface area (Å²) in [6.07, 6.45) is 1.15. The molecule has 0 aliphatic rings. The molecule has 1 aromatic carbocycles. The summed E-state index contributed by atoms with van der Waals surface area (Å²) in [6.45, 7) is 1.89. The molecule has 0 bridgehead atoms. The van der Waals surface area contributed by atoms with Crippen molar-refractivity contribution in [1.82, 2.24) is 0 Å². The van der Waals surface area contributed by atoms with Crippen LogP contribution in [-0.2, 0) is 9.84 Å². The van der Waals surface area contributed by atoms with E-state index in [0.29, 0.717) is 11.1 Å². The molecule has 0 aliphatic heterocycles. The summed E-state index contributed by atoms with van der Waals surface area (Å²) in [7, 11) is -3.22. The van der Waals surface area contributed by atoms with Gasteiger partial charge < -0.3 is 0 Å². The molecule has 1 aromatic heterocycles. The summed E-state index contributed by atoms with van der Waals surface area (Å²) in [4.78, 5) is 13.3. The van der Waals surface area contributed by atoms with E-state index in [4.69, 9.17) is 0 Å². The van der Waals surface area contributed by atoms with Crippen LogP contribution in [-0.4, -0.2) is 20.5 Å². The molecule has 0 radical (unpaired) electrons. The summed E-state index contributed by atoms with van der Waals surface area (Å²) in [5.74, 6) is -0.0752. The van der Waals surface area contributed by atoms with E-state index in [1.165, 1.54) is 23.5 Å². The van der Waals surface area contributed by atoms with Crippen molar-refractivity contribution >= 4 is 27.0 Å². The first kappa shape index (κ1) is 13.0. The van der Waals surface area contributed by atoms with Gasteiger partial charge >= 0.3 is 0 Å². The number of thiophene rings is 1. The van der Waals surface area contributed by atoms with Crippen LogP contribution in [0.15, 0.2) is 40.6 Å². The SMILES string of the molecule is Cc1sccc1C(=O)c1ccc(S(C)(=O)=O)cc1. The highest BCUT2D eigenvalue weighted by molar-refractivity contribution is 7.90. The van der Waals surface area contributed by atoms with E-state index < -0.39 is 9.84 Å². The number of aryl methyl sites for hydroxylation is 1. The molecule has 0 fully saturated rings. The fourth-order valence-electron chi connectivity index (χ4n) is 1.63. The minimum absolute atomic E-state index is 0.0752. The molecule has 0 spiro atoms. The Bertz CT molecular complexity index is 679. The third-order valence-corrected chi connectivity index (χ3v) is 4.62. The van der Waals surface area contributed by atoms with Gasteiger partial charge in [-0.25, -0.2) is 8.42 Å². The molecule has 5 heteroatoms. The molecule has 2 aromatic rings. The maximum absolute atomic E-state index is 12.1. The Morgan fingerprint density at radius 3 is 2.17 bits per heavy atom. The molecule has 0 saturated heterocycles. The lowest BCUT2D eigenvalue weighted by molar-refractivity contribution is 0.103. The highest BCUT2D eigenvalue weighted by Gasteiger charge is 2.14. The van der Waals surface area contributed by atoms with Crippen molar-refractivity contribution in [3.8, 4) is 0 Å². The lowest BCUT2D eigenvalue weighted by Gasteiger charge is -2.02. The predicted molar refractivity (Wildman–Crippen MR) is 72.0 cm³/mol. The Morgan fingerprint density at radius 2 is 1.72 bits per heavy atom. The van der Waals surface area contributed by atoms with Gasteiger partial charge in [0.15, 0.2) is 15.6 Å². The molecular formula is C13H12O3S2. The first-order valence-corrected chi connectivity index (χ1v) is 8.05. The molecule has 0 aliphatic carbocycles. The summed E-state index contributed by atoms with van der Waals surface area (Å²) in [5.41, 5.74) is 1.18. The lowest BCUT2D eigenvalue weighted by atomic mass is 10.0. The van der Waals surface area contributed by atoms with Gasteiger partial charge in [-0.15, -0.1) is 11.3 Å². The molecule has 0 saturated carbocycles. The van der Waals surface area contributed by atoms with Crippen LogP contribution in [0.4, 0.5) is 0 Å². The zero-order valence-electron chi connectivity index (χ0n) is 10.0. The number of carbonyl (C=O) groups excluding carboxylic acids is 1. The molecule has 0 atom stereocenters. The van der Waals surface area contributed by atoms with E-state index in [1.54, 1.807) is 18.2 Å². The van der Waals surface area contributed by atoms with Crippen LogP contribution in [0.5, 0.6) is 0 Å². The van der Waals surface area contributed by atoms with Crippen LogP contribution >= 0.6 is 11.3 Å². The lowest BCUT2D eigenvalue weighted by Crippen LogP contribution is -2.03. The van der Waals surface area contributed by atoms with Gasteiger partial charge in [0.05, 0.1) is 4.90 Å². The Labute approximate surface area is 110 Å². The first-order valence-electron chi connectivity index (χ1n) is 5.28. The van der Waals surface area contributed by atoms with Gasteiger partial charge in [0.2, 0.25) is 0 Å². The average molecular weight is 280 g/mol. The second-order valence-electron chi connectivity index (χ2n) is 4.02. The second kappa shape index (κ2) is 4.66. The van der Waals surface area contributed by atoms with Crippen molar-refractivity contribution in [2.45, 2.75) is 11.8 Å². The summed E-state index contributed by atoms with van der Waals surface area (Å²) >= 11 is 1.52. The van der Waals surface area contributed by atoms with Crippen LogP contribution in [0.2, 0.25) is 0 Å². The predicted octanol–water partition coefficient (Wildman–Crippen LogP) is 2.69. The van der Waals surface area contributed by atoms with Gasteiger partial charge in [0, 0.05) is 22.3 Å². The largest absolute Gasteiger partial charge is 0.289 e. The van der Waals surface area contributed by atoms with Crippen molar-refractivity contribution in [3.05, 3.63) is 51.7 Å². The number of sulfone groups is 1. The van der Waals surface area contributed by atoms with Gasteiger partial charge in [0.25, 0.3) is 0 Å². The van der Waals surface area contributed by atoms with Crippen molar-refractivity contribution in [1.29, 1.82) is 0 Å². The van der Waals surface area contributed by atoms with Gasteiger partial charge in [-0.1, -0.05) is 0 Å². The number of carbonyl (C=O) groups is 1. The van der Waals surface area contributed by atoms with Crippen LogP contribution in [0.3, 0.4) is 0 Å². The van der Waals surface area contributed by atoms with E-state index in [-0.39, 0.29) is 10.7 Å². The summed E-state index contributed by atoms with van der Waals surface area (Å²) in [5, 5.41) is 1.87. The van der Waals surface area contributed by atoms with Crippen molar-refractivity contribution < 1.29 is 13.2 Å². The van der Waals surface area contributed by atoms with Crippen molar-refractivity contribution in [2.75, 3.05) is 6.26 Å². The number of hydrogen-bond donors (Lipinski definition) is 0. The number of rotatable bonds is 3. The number of hydrogen-bond acceptors (Lipinski definition) is 4. The standard InChI is InChI=1S/C13H12O3S2/c1-9-12(7-8-17-9)13(14)10-3-5-11(6-4-10)18(2,15)16/h3-8H,1-2H3. The topological polar surface area (TPSA) is 51.2 Å². The van der Waals surface area contributed by atoms with Crippen LogP contribution in [0.25, 0.3) is 0 Å². The van der Waals surface area contributed by atoms with Gasteiger partial charge in [-0.05, 0) is 42.6 Å². The third kappa shape index (κ3) is 2.52. The van der Waals surface area contributed by atoms with Crippen molar-refractivity contribution in [2.24, 2.45) is 0 Å². The number of ketones is 1. The number of benzene rings is 1. The first-order chi connectivity index (χ1) is 8.39. The second-order valence-corrected chi connectivity index (χ2v) is 7.15. The fraction of sp³-hybridized carbons (Fsp3) is 0.154. The minimum atomic E-state index is -3.22. The molecule has 2 rings (SSSR count). The van der Waals surface area contributed by atoms with Crippen LogP contribution < -0.4 is 0 Å². The molecule has 3 nitrogen and oxygen atoms in total. The van der Waals surface area contributed by atoms with Gasteiger partial charge in [-0.3, -0.25) is 4.79 Å². The van der Waals surface area contributed by atoms with Crippen molar-refractivity contribution in [3.63, 3.8) is 0 Å². The zero-order chi connectivity index (χ0) is 13.3. The van der Waals surface area contributed by atoms with E-state index in [1.807, 2.05) is 12.3 Å². The quantitative estimate of drug-likeness (QED) is 0.812. The molecule has 0 unspecified atom stereocenters. The Kier molecular flexibility index (Phi) is 3.36. The van der Waals surface area contributed by atoms with Crippen LogP contribution in [0.1, 0.15) is 20.8 Å². The Morgan fingerprint density at radius 1 is 1.11 bits per heavy atom. The van der Waals surface area contributed by atoms with E-state index in [9.17, 15) is 13.2 Å². The third-order valence-electron chi connectivity index (χ3n) is 2.65. The summed E-state index contributed by atoms with van der Waals surface area (Å²) < 4.78 is 22.6. The summed E-state index contributed by atoms with van der Waals surface area (Å²) in [6, 6.07) is 7.81. The Hall–Kier alpha value is -1.46. The van der Waals surface area contributed by atoms with Crippen LogP contribution in [0, 0.1) is 6.92 Å². The van der Waals surface area contributed by atoms with Gasteiger partial charge in [-0.2, -0.15) is 0 Å². The minimum Gasteiger partial charge on any atom is -0.289 e. The highest BCUT2D eigenvalue weighted by atomic mass is 32.2. The fourth-order valence-corrected chi connectivity index (χ4v) is 2.96. The normalized spacial score (nSPS) is 11.4. The highest BCUT2D eigenvalue weighted by Crippen LogP contribution is 2.20. The molecule has 0 N–H and O–H groups in total. The molecule has 0 amide bonds. The maximum Gasteiger partial charge on any atom is 0.194 e.